The van der Waals surface area contributed by atoms with Crippen molar-refractivity contribution in [1.29, 1.82) is 0 Å². The van der Waals surface area contributed by atoms with E-state index in [0.717, 1.165) is 19.6 Å². The summed E-state index contributed by atoms with van der Waals surface area (Å²) in [6.07, 6.45) is 3.92. The Morgan fingerprint density at radius 1 is 1.05 bits per heavy atom. The summed E-state index contributed by atoms with van der Waals surface area (Å²) in [6, 6.07) is 1.27. The van der Waals surface area contributed by atoms with Gasteiger partial charge in [-0.25, -0.2) is 0 Å². The van der Waals surface area contributed by atoms with Crippen molar-refractivity contribution in [3.63, 3.8) is 0 Å². The van der Waals surface area contributed by atoms with Gasteiger partial charge in [0.05, 0.1) is 11.2 Å². The van der Waals surface area contributed by atoms with E-state index in [9.17, 15) is 0 Å². The first-order valence-corrected chi connectivity index (χ1v) is 8.71. The van der Waals surface area contributed by atoms with Crippen LogP contribution in [0.25, 0.3) is 0 Å². The Bertz CT molecular complexity index is 346. The third kappa shape index (κ3) is 4.43. The normalized spacial score (nSPS) is 35.6. The summed E-state index contributed by atoms with van der Waals surface area (Å²) in [5.74, 6) is 0. The SMILES string of the molecule is CCNC1CCC(C)(C)CC1N1CC(C)(C)OC(C)(C)C1. The first-order chi connectivity index (χ1) is 9.54. The molecule has 2 atom stereocenters. The predicted octanol–water partition coefficient (Wildman–Crippen LogP) is 3.43. The number of ether oxygens (including phenoxy) is 1. The van der Waals surface area contributed by atoms with Gasteiger partial charge >= 0.3 is 0 Å². The molecule has 2 fully saturated rings. The van der Waals surface area contributed by atoms with E-state index in [-0.39, 0.29) is 11.2 Å². The lowest BCUT2D eigenvalue weighted by molar-refractivity contribution is -0.193. The molecular formula is C18H36N2O. The van der Waals surface area contributed by atoms with Gasteiger partial charge in [-0.1, -0.05) is 20.8 Å². The van der Waals surface area contributed by atoms with Crippen molar-refractivity contribution in [2.24, 2.45) is 5.41 Å². The average Bonchev–Trinajstić information content (AvgIpc) is 2.27. The molecule has 0 amide bonds. The predicted molar refractivity (Wildman–Crippen MR) is 89.7 cm³/mol. The molecule has 0 bridgehead atoms. The van der Waals surface area contributed by atoms with Gasteiger partial charge in [0.2, 0.25) is 0 Å². The molecule has 1 aliphatic heterocycles. The summed E-state index contributed by atoms with van der Waals surface area (Å²) in [7, 11) is 0. The molecule has 1 saturated heterocycles. The molecule has 1 saturated carbocycles. The third-order valence-electron chi connectivity index (χ3n) is 5.01. The lowest BCUT2D eigenvalue weighted by Gasteiger charge is -2.54. The van der Waals surface area contributed by atoms with Crippen LogP contribution in [0.2, 0.25) is 0 Å². The molecule has 124 valence electrons. The Kier molecular flexibility index (Phi) is 4.78. The van der Waals surface area contributed by atoms with E-state index in [1.165, 1.54) is 19.3 Å². The van der Waals surface area contributed by atoms with E-state index in [1.54, 1.807) is 0 Å². The number of nitrogens with zero attached hydrogens (tertiary/aromatic N) is 1. The number of hydrogen-bond donors (Lipinski definition) is 1. The molecule has 0 aromatic rings. The molecular weight excluding hydrogens is 260 g/mol. The van der Waals surface area contributed by atoms with Crippen molar-refractivity contribution in [2.45, 2.75) is 91.0 Å². The Morgan fingerprint density at radius 2 is 1.62 bits per heavy atom. The monoisotopic (exact) mass is 296 g/mol. The first-order valence-electron chi connectivity index (χ1n) is 8.71. The highest BCUT2D eigenvalue weighted by Gasteiger charge is 2.45. The van der Waals surface area contributed by atoms with Crippen molar-refractivity contribution in [1.82, 2.24) is 10.2 Å². The highest BCUT2D eigenvalue weighted by Crippen LogP contribution is 2.40. The molecule has 0 aromatic heterocycles. The van der Waals surface area contributed by atoms with Gasteiger partial charge in [0.1, 0.15) is 0 Å². The van der Waals surface area contributed by atoms with Crippen LogP contribution in [-0.4, -0.2) is 47.8 Å². The van der Waals surface area contributed by atoms with Gasteiger partial charge in [-0.3, -0.25) is 4.90 Å². The smallest absolute Gasteiger partial charge is 0.0760 e. The van der Waals surface area contributed by atoms with Gasteiger partial charge < -0.3 is 10.1 Å². The topological polar surface area (TPSA) is 24.5 Å². The Hall–Kier alpha value is -0.120. The van der Waals surface area contributed by atoms with E-state index in [0.29, 0.717) is 17.5 Å². The second kappa shape index (κ2) is 5.82. The fraction of sp³-hybridized carbons (Fsp3) is 1.00. The Balaban J connectivity index is 2.18. The molecule has 1 N–H and O–H groups in total. The molecule has 0 aromatic carbocycles. The van der Waals surface area contributed by atoms with Crippen molar-refractivity contribution >= 4 is 0 Å². The second-order valence-electron chi connectivity index (χ2n) is 9.16. The van der Waals surface area contributed by atoms with Crippen LogP contribution in [-0.2, 0) is 4.74 Å². The minimum absolute atomic E-state index is 0.0555. The molecule has 21 heavy (non-hydrogen) atoms. The van der Waals surface area contributed by atoms with Crippen molar-refractivity contribution in [2.75, 3.05) is 19.6 Å². The van der Waals surface area contributed by atoms with Crippen LogP contribution in [0.15, 0.2) is 0 Å². The molecule has 0 spiro atoms. The molecule has 2 unspecified atom stereocenters. The van der Waals surface area contributed by atoms with E-state index in [2.05, 4.69) is 58.7 Å². The molecule has 0 radical (unpaired) electrons. The van der Waals surface area contributed by atoms with Gasteiger partial charge in [0, 0.05) is 25.2 Å². The Labute approximate surface area is 131 Å². The minimum Gasteiger partial charge on any atom is -0.367 e. The van der Waals surface area contributed by atoms with Crippen molar-refractivity contribution in [3.05, 3.63) is 0 Å². The third-order valence-corrected chi connectivity index (χ3v) is 5.01. The largest absolute Gasteiger partial charge is 0.367 e. The van der Waals surface area contributed by atoms with Crippen LogP contribution in [0, 0.1) is 5.41 Å². The van der Waals surface area contributed by atoms with Crippen LogP contribution in [0.1, 0.15) is 67.7 Å². The summed E-state index contributed by atoms with van der Waals surface area (Å²) >= 11 is 0. The summed E-state index contributed by atoms with van der Waals surface area (Å²) in [6.45, 7) is 19.2. The lowest BCUT2D eigenvalue weighted by Crippen LogP contribution is -2.64. The molecule has 1 heterocycles. The van der Waals surface area contributed by atoms with Gasteiger partial charge in [-0.05, 0) is 58.9 Å². The lowest BCUT2D eigenvalue weighted by atomic mass is 9.72. The molecule has 2 aliphatic rings. The Morgan fingerprint density at radius 3 is 2.14 bits per heavy atom. The first kappa shape index (κ1) is 17.2. The van der Waals surface area contributed by atoms with Crippen LogP contribution >= 0.6 is 0 Å². The number of morpholine rings is 1. The maximum atomic E-state index is 6.27. The van der Waals surface area contributed by atoms with Crippen LogP contribution in [0.4, 0.5) is 0 Å². The molecule has 2 rings (SSSR count). The maximum Gasteiger partial charge on any atom is 0.0760 e. The molecule has 3 nitrogen and oxygen atoms in total. The average molecular weight is 296 g/mol. The molecule has 3 heteroatoms. The summed E-state index contributed by atoms with van der Waals surface area (Å²) in [5.41, 5.74) is 0.351. The zero-order valence-corrected chi connectivity index (χ0v) is 15.3. The molecule has 1 aliphatic carbocycles. The van der Waals surface area contributed by atoms with Gasteiger partial charge in [0.15, 0.2) is 0 Å². The van der Waals surface area contributed by atoms with E-state index in [1.807, 2.05) is 0 Å². The fourth-order valence-electron chi connectivity index (χ4n) is 4.51. The van der Waals surface area contributed by atoms with E-state index in [4.69, 9.17) is 4.74 Å². The second-order valence-corrected chi connectivity index (χ2v) is 9.16. The zero-order chi connectivity index (χ0) is 15.9. The minimum atomic E-state index is -0.0555. The van der Waals surface area contributed by atoms with Crippen LogP contribution < -0.4 is 5.32 Å². The highest BCUT2D eigenvalue weighted by atomic mass is 16.5. The fourth-order valence-corrected chi connectivity index (χ4v) is 4.51. The summed E-state index contributed by atoms with van der Waals surface area (Å²) in [5, 5.41) is 3.74. The number of likely N-dealkylation sites (N-methyl/N-ethyl adjacent to an activating group) is 1. The van der Waals surface area contributed by atoms with Crippen molar-refractivity contribution in [3.8, 4) is 0 Å². The zero-order valence-electron chi connectivity index (χ0n) is 15.3. The number of rotatable bonds is 3. The quantitative estimate of drug-likeness (QED) is 0.863. The van der Waals surface area contributed by atoms with Crippen LogP contribution in [0.5, 0.6) is 0 Å². The van der Waals surface area contributed by atoms with Crippen molar-refractivity contribution < 1.29 is 4.74 Å². The number of hydrogen-bond acceptors (Lipinski definition) is 3. The van der Waals surface area contributed by atoms with Gasteiger partial charge in [-0.2, -0.15) is 0 Å². The highest BCUT2D eigenvalue weighted by molar-refractivity contribution is 4.99. The number of nitrogens with one attached hydrogen (secondary N) is 1. The van der Waals surface area contributed by atoms with E-state index >= 15 is 0 Å². The standard InChI is InChI=1S/C18H36N2O/c1-8-19-14-9-10-16(2,3)11-15(14)20-12-17(4,5)21-18(6,7)13-20/h14-15,19H,8-13H2,1-7H3. The van der Waals surface area contributed by atoms with Gasteiger partial charge in [0.25, 0.3) is 0 Å². The van der Waals surface area contributed by atoms with Crippen LogP contribution in [0.3, 0.4) is 0 Å². The van der Waals surface area contributed by atoms with Gasteiger partial charge in [-0.15, -0.1) is 0 Å². The summed E-state index contributed by atoms with van der Waals surface area (Å²) < 4.78 is 6.27. The maximum absolute atomic E-state index is 6.27. The summed E-state index contributed by atoms with van der Waals surface area (Å²) in [4.78, 5) is 2.71. The van der Waals surface area contributed by atoms with E-state index < -0.39 is 0 Å².